The molecule has 1 aliphatic carbocycles. The molecule has 0 atom stereocenters. The molecule has 0 unspecified atom stereocenters. The summed E-state index contributed by atoms with van der Waals surface area (Å²) in [5.41, 5.74) is 7.06. The minimum atomic E-state index is -4.47. The molecule has 206 valence electrons. The van der Waals surface area contributed by atoms with Crippen molar-refractivity contribution < 1.29 is 17.9 Å². The van der Waals surface area contributed by atoms with Gasteiger partial charge in [0.25, 0.3) is 0 Å². The summed E-state index contributed by atoms with van der Waals surface area (Å²) in [6.45, 7) is 0.0539. The molecule has 0 amide bonds. The fourth-order valence-electron chi connectivity index (χ4n) is 5.08. The van der Waals surface area contributed by atoms with Gasteiger partial charge in [-0.05, 0) is 72.4 Å². The second-order valence-electron chi connectivity index (χ2n) is 10.0. The zero-order chi connectivity index (χ0) is 28.3. The van der Waals surface area contributed by atoms with Crippen LogP contribution < -0.4 is 9.64 Å². The van der Waals surface area contributed by atoms with Crippen LogP contribution in [0.25, 0.3) is 22.0 Å². The van der Waals surface area contributed by atoms with Crippen LogP contribution in [0.15, 0.2) is 91.0 Å². The fourth-order valence-corrected chi connectivity index (χ4v) is 5.31. The first-order chi connectivity index (χ1) is 19.2. The Hall–Kier alpha value is -3.90. The van der Waals surface area contributed by atoms with Gasteiger partial charge in [0.1, 0.15) is 12.4 Å². The van der Waals surface area contributed by atoms with E-state index >= 15 is 0 Å². The summed E-state index contributed by atoms with van der Waals surface area (Å²) in [5.74, 6) is 0.643. The van der Waals surface area contributed by atoms with Crippen LogP contribution in [0.3, 0.4) is 0 Å². The Bertz CT molecular complexity index is 1610. The van der Waals surface area contributed by atoms with Crippen molar-refractivity contribution in [2.45, 2.75) is 32.0 Å². The van der Waals surface area contributed by atoms with Gasteiger partial charge in [-0.3, -0.25) is 0 Å². The summed E-state index contributed by atoms with van der Waals surface area (Å²) in [6.07, 6.45) is -1.22. The minimum Gasteiger partial charge on any atom is -0.489 e. The van der Waals surface area contributed by atoms with Crippen LogP contribution in [0.2, 0.25) is 5.02 Å². The van der Waals surface area contributed by atoms with Crippen LogP contribution in [-0.2, 0) is 25.6 Å². The van der Waals surface area contributed by atoms with E-state index in [1.165, 1.54) is 34.1 Å². The molecule has 40 heavy (non-hydrogen) atoms. The van der Waals surface area contributed by atoms with Crippen molar-refractivity contribution in [1.82, 2.24) is 4.98 Å². The summed E-state index contributed by atoms with van der Waals surface area (Å²) in [6, 6.07) is 28.5. The van der Waals surface area contributed by atoms with E-state index in [9.17, 15) is 13.2 Å². The number of rotatable bonds is 5. The van der Waals surface area contributed by atoms with Gasteiger partial charge in [0.05, 0.1) is 10.6 Å². The molecule has 5 aromatic rings. The van der Waals surface area contributed by atoms with E-state index in [0.29, 0.717) is 11.3 Å². The van der Waals surface area contributed by atoms with Crippen LogP contribution >= 0.6 is 11.6 Å². The molecule has 0 aliphatic heterocycles. The molecule has 6 rings (SSSR count). The third-order valence-corrected chi connectivity index (χ3v) is 7.36. The van der Waals surface area contributed by atoms with Gasteiger partial charge in [0.2, 0.25) is 0 Å². The third-order valence-electron chi connectivity index (χ3n) is 7.03. The Labute approximate surface area is 237 Å². The molecule has 1 N–H and O–H groups in total. The number of hydrogen-bond acceptors (Lipinski definition) is 2. The highest BCUT2D eigenvalue weighted by molar-refractivity contribution is 6.31. The maximum Gasteiger partial charge on any atom is 0.417 e. The van der Waals surface area contributed by atoms with Crippen molar-refractivity contribution in [3.8, 4) is 16.9 Å². The number of hydrogen-bond donors (Lipinski definition) is 1. The first-order valence-corrected chi connectivity index (χ1v) is 13.5. The van der Waals surface area contributed by atoms with Gasteiger partial charge in [-0.1, -0.05) is 66.2 Å². The van der Waals surface area contributed by atoms with E-state index in [2.05, 4.69) is 72.5 Å². The molecule has 4 aromatic carbocycles. The second kappa shape index (κ2) is 11.7. The SMILES string of the molecule is CN(C)c1ccccc1-c1ccccc1.FC(F)(F)c1cc(COc2ccc3[nH]c4c(c3c2)CCC4)ccc1Cl. The Morgan fingerprint density at radius 2 is 1.62 bits per heavy atom. The molecule has 1 heterocycles. The monoisotopic (exact) mass is 562 g/mol. The predicted molar refractivity (Wildman–Crippen MR) is 157 cm³/mol. The minimum absolute atomic E-state index is 0.0539. The molecule has 7 heteroatoms. The number of aromatic amines is 1. The third kappa shape index (κ3) is 6.13. The number of halogens is 4. The molecule has 0 fully saturated rings. The molecule has 0 saturated heterocycles. The zero-order valence-corrected chi connectivity index (χ0v) is 23.1. The molecule has 1 aliphatic rings. The molecule has 3 nitrogen and oxygen atoms in total. The van der Waals surface area contributed by atoms with Gasteiger partial charge in [-0.15, -0.1) is 0 Å². The van der Waals surface area contributed by atoms with Crippen molar-refractivity contribution >= 4 is 28.2 Å². The van der Waals surface area contributed by atoms with Gasteiger partial charge in [-0.2, -0.15) is 13.2 Å². The van der Waals surface area contributed by atoms with Gasteiger partial charge in [0, 0.05) is 41.9 Å². The van der Waals surface area contributed by atoms with Crippen LogP contribution in [-0.4, -0.2) is 19.1 Å². The Morgan fingerprint density at radius 3 is 2.38 bits per heavy atom. The molecular formula is C33H30ClF3N2O. The zero-order valence-electron chi connectivity index (χ0n) is 22.4. The molecule has 0 bridgehead atoms. The smallest absolute Gasteiger partial charge is 0.417 e. The number of para-hydroxylation sites is 1. The number of nitrogens with one attached hydrogen (secondary N) is 1. The van der Waals surface area contributed by atoms with Crippen molar-refractivity contribution in [2.24, 2.45) is 0 Å². The number of H-pyrrole nitrogens is 1. The summed E-state index contributed by atoms with van der Waals surface area (Å²) in [7, 11) is 4.14. The molecule has 0 spiro atoms. The Balaban J connectivity index is 0.000000184. The first kappa shape index (κ1) is 27.7. The van der Waals surface area contributed by atoms with E-state index in [0.717, 1.165) is 36.2 Å². The topological polar surface area (TPSA) is 28.3 Å². The summed E-state index contributed by atoms with van der Waals surface area (Å²) in [4.78, 5) is 5.55. The number of nitrogens with zero attached hydrogens (tertiary/aromatic N) is 1. The highest BCUT2D eigenvalue weighted by atomic mass is 35.5. The molecule has 0 saturated carbocycles. The highest BCUT2D eigenvalue weighted by Crippen LogP contribution is 2.36. The van der Waals surface area contributed by atoms with Crippen LogP contribution in [0.5, 0.6) is 5.75 Å². The van der Waals surface area contributed by atoms with Crippen LogP contribution in [0, 0.1) is 0 Å². The van der Waals surface area contributed by atoms with E-state index in [4.69, 9.17) is 16.3 Å². The number of aromatic nitrogens is 1. The lowest BCUT2D eigenvalue weighted by atomic mass is 10.0. The van der Waals surface area contributed by atoms with Crippen LogP contribution in [0.4, 0.5) is 18.9 Å². The van der Waals surface area contributed by atoms with E-state index < -0.39 is 11.7 Å². The number of alkyl halides is 3. The molecule has 1 aromatic heterocycles. The molecule has 0 radical (unpaired) electrons. The maximum atomic E-state index is 12.9. The van der Waals surface area contributed by atoms with Gasteiger partial charge in [-0.25, -0.2) is 0 Å². The maximum absolute atomic E-state index is 12.9. The van der Waals surface area contributed by atoms with Gasteiger partial charge in [0.15, 0.2) is 0 Å². The number of aryl methyl sites for hydroxylation is 2. The number of anilines is 1. The Kier molecular flexibility index (Phi) is 8.08. The largest absolute Gasteiger partial charge is 0.489 e. The predicted octanol–water partition coefficient (Wildman–Crippen LogP) is 9.33. The van der Waals surface area contributed by atoms with Crippen LogP contribution in [0.1, 0.15) is 28.8 Å². The highest BCUT2D eigenvalue weighted by Gasteiger charge is 2.33. The number of fused-ring (bicyclic) bond motifs is 3. The summed E-state index contributed by atoms with van der Waals surface area (Å²) >= 11 is 5.64. The lowest BCUT2D eigenvalue weighted by Crippen LogP contribution is -2.09. The second-order valence-corrected chi connectivity index (χ2v) is 10.4. The normalized spacial score (nSPS) is 12.6. The van der Waals surface area contributed by atoms with Gasteiger partial charge >= 0.3 is 6.18 Å². The summed E-state index contributed by atoms with van der Waals surface area (Å²) < 4.78 is 44.5. The summed E-state index contributed by atoms with van der Waals surface area (Å²) in [5, 5.41) is 0.831. The van der Waals surface area contributed by atoms with E-state index in [-0.39, 0.29) is 11.6 Å². The average Bonchev–Trinajstić information content (AvgIpc) is 3.54. The fraction of sp³-hybridized carbons (Fsp3) is 0.212. The van der Waals surface area contributed by atoms with Gasteiger partial charge < -0.3 is 14.6 Å². The van der Waals surface area contributed by atoms with Crippen molar-refractivity contribution in [3.63, 3.8) is 0 Å². The van der Waals surface area contributed by atoms with Crippen molar-refractivity contribution in [1.29, 1.82) is 0 Å². The quantitative estimate of drug-likeness (QED) is 0.231. The molecular weight excluding hydrogens is 533 g/mol. The van der Waals surface area contributed by atoms with Crippen molar-refractivity contribution in [2.75, 3.05) is 19.0 Å². The standard InChI is InChI=1S/C19H15ClF3NO.C14H15N/c20-16-6-4-11(8-15(16)19(21,22)23)10-25-12-5-7-18-14(9-12)13-2-1-3-17(13)24-18;1-15(2)14-11-7-6-10-13(14)12-8-4-3-5-9-12/h4-9,24H,1-3,10H2;3-11H,1-2H3. The van der Waals surface area contributed by atoms with E-state index in [1.807, 2.05) is 24.3 Å². The first-order valence-electron chi connectivity index (χ1n) is 13.1. The lowest BCUT2D eigenvalue weighted by molar-refractivity contribution is -0.137. The van der Waals surface area contributed by atoms with E-state index in [1.54, 1.807) is 6.07 Å². The number of benzene rings is 4. The Morgan fingerprint density at radius 1 is 0.875 bits per heavy atom. The average molecular weight is 563 g/mol. The van der Waals surface area contributed by atoms with Crippen molar-refractivity contribution in [3.05, 3.63) is 118 Å². The number of ether oxygens (including phenoxy) is 1. The lowest BCUT2D eigenvalue weighted by Gasteiger charge is -2.17.